The number of aromatic nitrogens is 2. The van der Waals surface area contributed by atoms with Gasteiger partial charge in [0.2, 0.25) is 11.9 Å². The number of furan rings is 1. The van der Waals surface area contributed by atoms with Gasteiger partial charge in [0.1, 0.15) is 6.04 Å². The standard InChI is InChI=1S/C21H30N6O3/c1-16(2)18(25-19(28)17-6-3-15-30-17)20(29)22-9-5-10-26-11-13-27(14-12-26)21-23-7-4-8-24-21/h3-4,6-8,15-16,18H,5,9-14H2,1-2H3,(H,22,29)(H,25,28). The predicted octanol–water partition coefficient (Wildman–Crippen LogP) is 1.15. The van der Waals surface area contributed by atoms with Gasteiger partial charge in [-0.05, 0) is 37.1 Å². The molecule has 1 unspecified atom stereocenters. The van der Waals surface area contributed by atoms with E-state index in [-0.39, 0.29) is 23.5 Å². The van der Waals surface area contributed by atoms with Crippen LogP contribution in [-0.2, 0) is 4.79 Å². The maximum atomic E-state index is 12.6. The summed E-state index contributed by atoms with van der Waals surface area (Å²) < 4.78 is 5.10. The van der Waals surface area contributed by atoms with Crippen LogP contribution in [-0.4, -0.2) is 72.0 Å². The lowest BCUT2D eigenvalue weighted by Crippen LogP contribution is -2.50. The first-order valence-electron chi connectivity index (χ1n) is 10.4. The second-order valence-electron chi connectivity index (χ2n) is 7.69. The summed E-state index contributed by atoms with van der Waals surface area (Å²) in [6.45, 7) is 8.97. The first-order chi connectivity index (χ1) is 14.5. The molecule has 2 N–H and O–H groups in total. The molecule has 2 aromatic heterocycles. The number of piperazine rings is 1. The van der Waals surface area contributed by atoms with Crippen molar-refractivity contribution in [3.05, 3.63) is 42.6 Å². The van der Waals surface area contributed by atoms with E-state index in [1.54, 1.807) is 24.5 Å². The van der Waals surface area contributed by atoms with Gasteiger partial charge in [-0.3, -0.25) is 14.5 Å². The SMILES string of the molecule is CC(C)C(NC(=O)c1ccco1)C(=O)NCCCN1CCN(c2ncccn2)CC1. The largest absolute Gasteiger partial charge is 0.459 e. The second-order valence-corrected chi connectivity index (χ2v) is 7.69. The quantitative estimate of drug-likeness (QED) is 0.593. The molecule has 0 radical (unpaired) electrons. The Morgan fingerprint density at radius 3 is 2.50 bits per heavy atom. The Balaban J connectivity index is 1.36. The van der Waals surface area contributed by atoms with Gasteiger partial charge >= 0.3 is 0 Å². The van der Waals surface area contributed by atoms with E-state index in [9.17, 15) is 9.59 Å². The van der Waals surface area contributed by atoms with Gasteiger partial charge in [-0.2, -0.15) is 0 Å². The zero-order valence-electron chi connectivity index (χ0n) is 17.6. The molecule has 1 fully saturated rings. The normalized spacial score (nSPS) is 15.8. The minimum atomic E-state index is -0.600. The number of carbonyl (C=O) groups is 2. The summed E-state index contributed by atoms with van der Waals surface area (Å²) in [7, 11) is 0. The van der Waals surface area contributed by atoms with Crippen molar-refractivity contribution in [2.45, 2.75) is 26.3 Å². The van der Waals surface area contributed by atoms with Gasteiger partial charge < -0.3 is 20.0 Å². The fraction of sp³-hybridized carbons (Fsp3) is 0.524. The minimum Gasteiger partial charge on any atom is -0.459 e. The minimum absolute atomic E-state index is 0.0304. The molecule has 30 heavy (non-hydrogen) atoms. The number of carbonyl (C=O) groups excluding carboxylic acids is 2. The summed E-state index contributed by atoms with van der Waals surface area (Å²) in [4.78, 5) is 37.9. The van der Waals surface area contributed by atoms with E-state index in [2.05, 4.69) is 30.4 Å². The van der Waals surface area contributed by atoms with E-state index in [1.165, 1.54) is 6.26 Å². The summed E-state index contributed by atoms with van der Waals surface area (Å²) in [6, 6.07) is 4.44. The molecule has 0 saturated carbocycles. The lowest BCUT2D eigenvalue weighted by molar-refractivity contribution is -0.123. The Morgan fingerprint density at radius 2 is 1.87 bits per heavy atom. The maximum Gasteiger partial charge on any atom is 0.287 e. The number of rotatable bonds is 9. The fourth-order valence-corrected chi connectivity index (χ4v) is 3.41. The number of hydrogen-bond acceptors (Lipinski definition) is 7. The van der Waals surface area contributed by atoms with Crippen LogP contribution in [0.3, 0.4) is 0 Å². The lowest BCUT2D eigenvalue weighted by Gasteiger charge is -2.34. The Labute approximate surface area is 176 Å². The van der Waals surface area contributed by atoms with Crippen LogP contribution in [0.15, 0.2) is 41.3 Å². The molecule has 9 heteroatoms. The molecule has 0 spiro atoms. The Hall–Kier alpha value is -2.94. The lowest BCUT2D eigenvalue weighted by atomic mass is 10.0. The van der Waals surface area contributed by atoms with E-state index >= 15 is 0 Å². The molecule has 0 aliphatic carbocycles. The first-order valence-corrected chi connectivity index (χ1v) is 10.4. The number of nitrogens with one attached hydrogen (secondary N) is 2. The summed E-state index contributed by atoms with van der Waals surface area (Å²) in [5.41, 5.74) is 0. The van der Waals surface area contributed by atoms with Gasteiger partial charge in [-0.15, -0.1) is 0 Å². The van der Waals surface area contributed by atoms with Crippen LogP contribution < -0.4 is 15.5 Å². The molecule has 3 heterocycles. The second kappa shape index (κ2) is 10.7. The summed E-state index contributed by atoms with van der Waals surface area (Å²) in [6.07, 6.45) is 5.81. The third-order valence-electron chi connectivity index (χ3n) is 5.14. The third-order valence-corrected chi connectivity index (χ3v) is 5.14. The van der Waals surface area contributed by atoms with E-state index in [0.29, 0.717) is 6.54 Å². The van der Waals surface area contributed by atoms with Crippen molar-refractivity contribution in [2.24, 2.45) is 5.92 Å². The highest BCUT2D eigenvalue weighted by Gasteiger charge is 2.25. The molecular formula is C21H30N6O3. The average Bonchev–Trinajstić information content (AvgIpc) is 3.31. The topological polar surface area (TPSA) is 104 Å². The molecule has 1 aliphatic heterocycles. The van der Waals surface area contributed by atoms with Crippen LogP contribution in [0.5, 0.6) is 0 Å². The van der Waals surface area contributed by atoms with Crippen LogP contribution in [0, 0.1) is 5.92 Å². The van der Waals surface area contributed by atoms with Crippen LogP contribution >= 0.6 is 0 Å². The van der Waals surface area contributed by atoms with Crippen molar-refractivity contribution < 1.29 is 14.0 Å². The summed E-state index contributed by atoms with van der Waals surface area (Å²) in [5.74, 6) is 0.400. The van der Waals surface area contributed by atoms with Crippen molar-refractivity contribution in [3.63, 3.8) is 0 Å². The summed E-state index contributed by atoms with van der Waals surface area (Å²) in [5, 5.41) is 5.70. The van der Waals surface area contributed by atoms with E-state index in [4.69, 9.17) is 4.42 Å². The average molecular weight is 415 g/mol. The predicted molar refractivity (Wildman–Crippen MR) is 113 cm³/mol. The molecule has 2 aromatic rings. The molecule has 9 nitrogen and oxygen atoms in total. The van der Waals surface area contributed by atoms with Crippen LogP contribution in [0.4, 0.5) is 5.95 Å². The van der Waals surface area contributed by atoms with E-state index < -0.39 is 6.04 Å². The van der Waals surface area contributed by atoms with Crippen molar-refractivity contribution >= 4 is 17.8 Å². The number of anilines is 1. The van der Waals surface area contributed by atoms with Gasteiger partial charge in [0.05, 0.1) is 6.26 Å². The van der Waals surface area contributed by atoms with Crippen molar-refractivity contribution in [1.82, 2.24) is 25.5 Å². The molecular weight excluding hydrogens is 384 g/mol. The van der Waals surface area contributed by atoms with Crippen LogP contribution in [0.25, 0.3) is 0 Å². The maximum absolute atomic E-state index is 12.6. The van der Waals surface area contributed by atoms with Gasteiger partial charge in [-0.1, -0.05) is 13.8 Å². The highest BCUT2D eigenvalue weighted by atomic mass is 16.3. The van der Waals surface area contributed by atoms with Crippen molar-refractivity contribution in [2.75, 3.05) is 44.2 Å². The zero-order chi connectivity index (χ0) is 21.3. The van der Waals surface area contributed by atoms with Gasteiger partial charge in [0, 0.05) is 45.1 Å². The number of nitrogens with zero attached hydrogens (tertiary/aromatic N) is 4. The number of amides is 2. The third kappa shape index (κ3) is 6.03. The molecule has 3 rings (SSSR count). The van der Waals surface area contributed by atoms with Gasteiger partial charge in [0.25, 0.3) is 5.91 Å². The Bertz CT molecular complexity index is 788. The molecule has 1 atom stereocenters. The summed E-state index contributed by atoms with van der Waals surface area (Å²) >= 11 is 0. The fourth-order valence-electron chi connectivity index (χ4n) is 3.41. The monoisotopic (exact) mass is 414 g/mol. The van der Waals surface area contributed by atoms with Gasteiger partial charge in [0.15, 0.2) is 5.76 Å². The van der Waals surface area contributed by atoms with E-state index in [1.807, 2.05) is 19.9 Å². The van der Waals surface area contributed by atoms with Gasteiger partial charge in [-0.25, -0.2) is 9.97 Å². The van der Waals surface area contributed by atoms with E-state index in [0.717, 1.165) is 45.1 Å². The Kier molecular flexibility index (Phi) is 7.78. The Morgan fingerprint density at radius 1 is 1.13 bits per heavy atom. The molecule has 1 saturated heterocycles. The smallest absolute Gasteiger partial charge is 0.287 e. The van der Waals surface area contributed by atoms with Crippen molar-refractivity contribution in [1.29, 1.82) is 0 Å². The highest BCUT2D eigenvalue weighted by molar-refractivity contribution is 5.95. The van der Waals surface area contributed by atoms with Crippen LogP contribution in [0.1, 0.15) is 30.8 Å². The molecule has 162 valence electrons. The molecule has 1 aliphatic rings. The molecule has 0 aromatic carbocycles. The van der Waals surface area contributed by atoms with Crippen molar-refractivity contribution in [3.8, 4) is 0 Å². The zero-order valence-corrected chi connectivity index (χ0v) is 17.6. The molecule has 0 bridgehead atoms. The first kappa shape index (κ1) is 21.8. The van der Waals surface area contributed by atoms with Crippen LogP contribution in [0.2, 0.25) is 0 Å². The number of hydrogen-bond donors (Lipinski definition) is 2. The highest BCUT2D eigenvalue weighted by Crippen LogP contribution is 2.10. The molecule has 2 amide bonds.